The number of pyridine rings is 2. The Balaban J connectivity index is 1.55. The van der Waals surface area contributed by atoms with E-state index in [1.54, 1.807) is 30.6 Å². The normalized spacial score (nSPS) is 12.4. The summed E-state index contributed by atoms with van der Waals surface area (Å²) in [6, 6.07) is 14.5. The van der Waals surface area contributed by atoms with Crippen LogP contribution in [-0.2, 0) is 12.8 Å². The number of aliphatic hydroxyl groups is 1. The van der Waals surface area contributed by atoms with E-state index in [2.05, 4.69) is 15.0 Å². The maximum Gasteiger partial charge on any atom is 0.219 e. The van der Waals surface area contributed by atoms with Crippen molar-refractivity contribution >= 4 is 22.6 Å². The van der Waals surface area contributed by atoms with E-state index < -0.39 is 12.1 Å². The smallest absolute Gasteiger partial charge is 0.219 e. The van der Waals surface area contributed by atoms with Gasteiger partial charge < -0.3 is 10.1 Å². The first-order chi connectivity index (χ1) is 13.1. The second-order valence-corrected chi connectivity index (χ2v) is 6.73. The Morgan fingerprint density at radius 2 is 1.89 bits per heavy atom. The minimum atomic E-state index is -1.12. The summed E-state index contributed by atoms with van der Waals surface area (Å²) in [7, 11) is 0. The van der Waals surface area contributed by atoms with Crippen molar-refractivity contribution in [2.24, 2.45) is 0 Å². The monoisotopic (exact) mass is 381 g/mol. The second kappa shape index (κ2) is 7.47. The summed E-state index contributed by atoms with van der Waals surface area (Å²) < 4.78 is 14.6. The summed E-state index contributed by atoms with van der Waals surface area (Å²) in [4.78, 5) is 11.2. The molecule has 1 atom stereocenters. The number of rotatable bonds is 5. The molecule has 3 heterocycles. The molecule has 4 nitrogen and oxygen atoms in total. The molecule has 0 radical (unpaired) electrons. The van der Waals surface area contributed by atoms with Gasteiger partial charge in [-0.3, -0.25) is 0 Å². The van der Waals surface area contributed by atoms with Crippen molar-refractivity contribution in [3.05, 3.63) is 94.3 Å². The number of benzene rings is 1. The standard InChI is InChI=1S/C21H17ClFN3O/c22-18-6-2-1-4-13(18)7-8-14-9-10-16(20(23)26-14)19(27)17-12-25-21-15(17)5-3-11-24-21/h1-6,9-12,19,27H,7-8H2,(H,24,25). The second-order valence-electron chi connectivity index (χ2n) is 6.32. The lowest BCUT2D eigenvalue weighted by atomic mass is 10.0. The lowest BCUT2D eigenvalue weighted by molar-refractivity contribution is 0.215. The van der Waals surface area contributed by atoms with Gasteiger partial charge in [0.1, 0.15) is 11.8 Å². The summed E-state index contributed by atoms with van der Waals surface area (Å²) in [5.74, 6) is -0.669. The topological polar surface area (TPSA) is 61.8 Å². The van der Waals surface area contributed by atoms with Crippen LogP contribution < -0.4 is 0 Å². The highest BCUT2D eigenvalue weighted by atomic mass is 35.5. The van der Waals surface area contributed by atoms with Gasteiger partial charge in [0.2, 0.25) is 5.95 Å². The molecule has 0 fully saturated rings. The van der Waals surface area contributed by atoms with Crippen LogP contribution in [0.15, 0.2) is 60.9 Å². The summed E-state index contributed by atoms with van der Waals surface area (Å²) in [5, 5.41) is 12.1. The molecule has 4 aromatic rings. The maximum atomic E-state index is 14.6. The molecule has 4 rings (SSSR count). The first-order valence-electron chi connectivity index (χ1n) is 8.62. The van der Waals surface area contributed by atoms with E-state index in [-0.39, 0.29) is 5.56 Å². The van der Waals surface area contributed by atoms with Crippen molar-refractivity contribution in [1.82, 2.24) is 15.0 Å². The first-order valence-corrected chi connectivity index (χ1v) is 9.00. The molecule has 3 aromatic heterocycles. The minimum absolute atomic E-state index is 0.140. The fraction of sp³-hybridized carbons (Fsp3) is 0.143. The molecule has 0 aliphatic rings. The molecule has 0 aliphatic heterocycles. The van der Waals surface area contributed by atoms with E-state index in [0.717, 1.165) is 10.9 Å². The number of nitrogens with zero attached hydrogens (tertiary/aromatic N) is 2. The van der Waals surface area contributed by atoms with Crippen LogP contribution in [0.25, 0.3) is 11.0 Å². The third kappa shape index (κ3) is 3.56. The molecular formula is C21H17ClFN3O. The Morgan fingerprint density at radius 1 is 1.04 bits per heavy atom. The van der Waals surface area contributed by atoms with Crippen molar-refractivity contribution in [2.45, 2.75) is 18.9 Å². The number of aromatic nitrogens is 3. The van der Waals surface area contributed by atoms with Crippen LogP contribution in [0, 0.1) is 5.95 Å². The van der Waals surface area contributed by atoms with Crippen LogP contribution in [-0.4, -0.2) is 20.1 Å². The Bertz CT molecular complexity index is 1100. The first kappa shape index (κ1) is 17.6. The molecule has 0 saturated carbocycles. The molecule has 0 saturated heterocycles. The predicted octanol–water partition coefficient (Wildman–Crippen LogP) is 4.62. The third-order valence-corrected chi connectivity index (χ3v) is 4.98. The zero-order valence-corrected chi connectivity index (χ0v) is 15.1. The van der Waals surface area contributed by atoms with E-state index in [1.807, 2.05) is 30.3 Å². The summed E-state index contributed by atoms with van der Waals surface area (Å²) >= 11 is 6.16. The van der Waals surface area contributed by atoms with Crippen LogP contribution in [0.1, 0.15) is 28.5 Å². The van der Waals surface area contributed by atoms with Crippen molar-refractivity contribution in [3.63, 3.8) is 0 Å². The lowest BCUT2D eigenvalue weighted by Gasteiger charge is -2.12. The van der Waals surface area contributed by atoms with E-state index in [4.69, 9.17) is 11.6 Å². The van der Waals surface area contributed by atoms with E-state index in [1.165, 1.54) is 0 Å². The van der Waals surface area contributed by atoms with Gasteiger partial charge in [-0.1, -0.05) is 29.8 Å². The molecule has 0 amide bonds. The fourth-order valence-corrected chi connectivity index (χ4v) is 3.39. The molecule has 27 heavy (non-hydrogen) atoms. The predicted molar refractivity (Wildman–Crippen MR) is 103 cm³/mol. The number of fused-ring (bicyclic) bond motifs is 1. The van der Waals surface area contributed by atoms with Gasteiger partial charge in [0.05, 0.1) is 0 Å². The van der Waals surface area contributed by atoms with Gasteiger partial charge in [0, 0.05) is 39.6 Å². The van der Waals surface area contributed by atoms with Crippen molar-refractivity contribution in [3.8, 4) is 0 Å². The average Bonchev–Trinajstić information content (AvgIpc) is 3.11. The minimum Gasteiger partial charge on any atom is -0.383 e. The molecule has 1 aromatic carbocycles. The SMILES string of the molecule is OC(c1ccc(CCc2ccccc2Cl)nc1F)c1c[nH]c2ncccc12. The molecule has 0 bridgehead atoms. The van der Waals surface area contributed by atoms with Gasteiger partial charge >= 0.3 is 0 Å². The van der Waals surface area contributed by atoms with Gasteiger partial charge in [-0.15, -0.1) is 0 Å². The summed E-state index contributed by atoms with van der Waals surface area (Å²) in [5.41, 5.74) is 2.97. The van der Waals surface area contributed by atoms with E-state index in [9.17, 15) is 9.50 Å². The Morgan fingerprint density at radius 3 is 2.70 bits per heavy atom. The number of aliphatic hydroxyl groups excluding tert-OH is 1. The van der Waals surface area contributed by atoms with Gasteiger partial charge in [-0.2, -0.15) is 4.39 Å². The Hall–Kier alpha value is -2.76. The number of aryl methyl sites for hydroxylation is 2. The molecule has 136 valence electrons. The number of H-pyrrole nitrogens is 1. The highest BCUT2D eigenvalue weighted by Crippen LogP contribution is 2.29. The largest absolute Gasteiger partial charge is 0.383 e. The Labute approximate surface area is 160 Å². The number of nitrogens with one attached hydrogen (secondary N) is 1. The quantitative estimate of drug-likeness (QED) is 0.496. The van der Waals surface area contributed by atoms with Gasteiger partial charge in [0.15, 0.2) is 0 Å². The van der Waals surface area contributed by atoms with Crippen LogP contribution in [0.3, 0.4) is 0 Å². The van der Waals surface area contributed by atoms with Gasteiger partial charge in [0.25, 0.3) is 0 Å². The van der Waals surface area contributed by atoms with Crippen molar-refractivity contribution in [2.75, 3.05) is 0 Å². The van der Waals surface area contributed by atoms with Crippen molar-refractivity contribution < 1.29 is 9.50 Å². The highest BCUT2D eigenvalue weighted by molar-refractivity contribution is 6.31. The van der Waals surface area contributed by atoms with Gasteiger partial charge in [-0.25, -0.2) is 9.97 Å². The Kier molecular flexibility index (Phi) is 4.88. The zero-order chi connectivity index (χ0) is 18.8. The molecule has 6 heteroatoms. The molecule has 0 aliphatic carbocycles. The van der Waals surface area contributed by atoms with Crippen molar-refractivity contribution in [1.29, 1.82) is 0 Å². The molecule has 1 unspecified atom stereocenters. The third-order valence-electron chi connectivity index (χ3n) is 4.62. The number of hydrogen-bond donors (Lipinski definition) is 2. The fourth-order valence-electron chi connectivity index (χ4n) is 3.16. The van der Waals surface area contributed by atoms with E-state index >= 15 is 0 Å². The summed E-state index contributed by atoms with van der Waals surface area (Å²) in [6.45, 7) is 0. The summed E-state index contributed by atoms with van der Waals surface area (Å²) in [6.07, 6.45) is 3.42. The van der Waals surface area contributed by atoms with Crippen LogP contribution in [0.2, 0.25) is 5.02 Å². The van der Waals surface area contributed by atoms with Crippen LogP contribution >= 0.6 is 11.6 Å². The molecule has 2 N–H and O–H groups in total. The van der Waals surface area contributed by atoms with Crippen LogP contribution in [0.5, 0.6) is 0 Å². The average molecular weight is 382 g/mol. The highest BCUT2D eigenvalue weighted by Gasteiger charge is 2.20. The molecule has 0 spiro atoms. The number of aromatic amines is 1. The number of hydrogen-bond acceptors (Lipinski definition) is 3. The zero-order valence-electron chi connectivity index (χ0n) is 14.4. The van der Waals surface area contributed by atoms with E-state index in [0.29, 0.717) is 34.8 Å². The number of halogens is 2. The molecular weight excluding hydrogens is 365 g/mol. The maximum absolute atomic E-state index is 14.6. The lowest BCUT2D eigenvalue weighted by Crippen LogP contribution is -2.06. The van der Waals surface area contributed by atoms with Crippen LogP contribution in [0.4, 0.5) is 4.39 Å². The van der Waals surface area contributed by atoms with Gasteiger partial charge in [-0.05, 0) is 48.7 Å².